The van der Waals surface area contributed by atoms with Crippen molar-refractivity contribution in [2.75, 3.05) is 17.7 Å². The fourth-order valence-electron chi connectivity index (χ4n) is 2.23. The topological polar surface area (TPSA) is 105 Å². The molecule has 0 aliphatic heterocycles. The molecule has 10 heteroatoms. The van der Waals surface area contributed by atoms with Gasteiger partial charge in [-0.3, -0.25) is 9.89 Å². The molecule has 0 aliphatic rings. The Labute approximate surface area is 165 Å². The molecule has 0 spiro atoms. The zero-order chi connectivity index (χ0) is 19.4. The molecule has 3 rings (SSSR count). The first-order valence-electron chi connectivity index (χ1n) is 7.90. The molecule has 8 nitrogen and oxygen atoms in total. The zero-order valence-electron chi connectivity index (χ0n) is 14.8. The summed E-state index contributed by atoms with van der Waals surface area (Å²) in [5.74, 6) is 1.23. The van der Waals surface area contributed by atoms with Crippen molar-refractivity contribution in [1.29, 1.82) is 0 Å². The van der Waals surface area contributed by atoms with Gasteiger partial charge in [0.05, 0.1) is 7.11 Å². The lowest BCUT2D eigenvalue weighted by atomic mass is 10.3. The number of nitrogens with one attached hydrogen (secondary N) is 3. The van der Waals surface area contributed by atoms with Gasteiger partial charge in [0.2, 0.25) is 5.91 Å². The van der Waals surface area contributed by atoms with Gasteiger partial charge in [-0.05, 0) is 43.0 Å². The van der Waals surface area contributed by atoms with Crippen LogP contribution in [-0.2, 0) is 4.79 Å². The van der Waals surface area contributed by atoms with E-state index < -0.39 is 0 Å². The van der Waals surface area contributed by atoms with E-state index >= 15 is 0 Å². The first kappa shape index (κ1) is 19.0. The Bertz CT molecular complexity index is 961. The predicted octanol–water partition coefficient (Wildman–Crippen LogP) is 4.02. The number of carbonyl (C=O) groups is 1. The number of H-pyrrole nitrogens is 1. The van der Waals surface area contributed by atoms with Gasteiger partial charge >= 0.3 is 0 Å². The first-order chi connectivity index (χ1) is 12.9. The van der Waals surface area contributed by atoms with Gasteiger partial charge < -0.3 is 15.4 Å². The number of aryl methyl sites for hydroxylation is 1. The first-order valence-corrected chi connectivity index (χ1v) is 9.10. The van der Waals surface area contributed by atoms with Crippen molar-refractivity contribution in [3.63, 3.8) is 0 Å². The van der Waals surface area contributed by atoms with Crippen molar-refractivity contribution in [3.8, 4) is 5.75 Å². The second kappa shape index (κ2) is 8.28. The third kappa shape index (κ3) is 4.89. The Morgan fingerprint density at radius 2 is 2.00 bits per heavy atom. The molecule has 0 radical (unpaired) electrons. The lowest BCUT2D eigenvalue weighted by Crippen LogP contribution is -2.05. The highest BCUT2D eigenvalue weighted by Crippen LogP contribution is 2.35. The molecule has 1 amide bonds. The molecule has 0 saturated heterocycles. The van der Waals surface area contributed by atoms with Crippen LogP contribution >= 0.6 is 23.4 Å². The zero-order valence-corrected chi connectivity index (χ0v) is 16.4. The van der Waals surface area contributed by atoms with E-state index in [1.807, 2.05) is 25.1 Å². The maximum atomic E-state index is 11.1. The average Bonchev–Trinajstić information content (AvgIpc) is 3.01. The normalized spacial score (nSPS) is 10.5. The molecule has 3 aromatic rings. The summed E-state index contributed by atoms with van der Waals surface area (Å²) in [5.41, 5.74) is 1.63. The summed E-state index contributed by atoms with van der Waals surface area (Å²) in [6.07, 6.45) is 0. The standard InChI is InChI=1S/C17H17ClN6O2S/c1-9-8-13(24-23-9)20-16-14(26-3)15(18)21-17(22-16)27-12-6-4-11(5-7-12)19-10(2)25/h4-8H,1-3H3,(H,19,25)(H2,20,21,22,23,24). The molecule has 2 heterocycles. The van der Waals surface area contributed by atoms with Crippen molar-refractivity contribution >= 4 is 46.6 Å². The Balaban J connectivity index is 1.84. The maximum absolute atomic E-state index is 11.1. The monoisotopic (exact) mass is 404 g/mol. The number of aromatic amines is 1. The highest BCUT2D eigenvalue weighted by atomic mass is 35.5. The minimum Gasteiger partial charge on any atom is -0.490 e. The van der Waals surface area contributed by atoms with E-state index in [4.69, 9.17) is 16.3 Å². The number of anilines is 3. The fourth-order valence-corrected chi connectivity index (χ4v) is 3.29. The second-order valence-electron chi connectivity index (χ2n) is 5.55. The van der Waals surface area contributed by atoms with Crippen LogP contribution in [0.1, 0.15) is 12.6 Å². The van der Waals surface area contributed by atoms with Crippen LogP contribution in [0.5, 0.6) is 5.75 Å². The molecule has 3 N–H and O–H groups in total. The lowest BCUT2D eigenvalue weighted by Gasteiger charge is -2.11. The second-order valence-corrected chi connectivity index (χ2v) is 6.95. The van der Waals surface area contributed by atoms with Gasteiger partial charge in [0.25, 0.3) is 0 Å². The summed E-state index contributed by atoms with van der Waals surface area (Å²) >= 11 is 7.59. The summed E-state index contributed by atoms with van der Waals surface area (Å²) in [6, 6.07) is 9.17. The van der Waals surface area contributed by atoms with Gasteiger partial charge in [-0.1, -0.05) is 11.6 Å². The van der Waals surface area contributed by atoms with Gasteiger partial charge in [-0.25, -0.2) is 9.97 Å². The van der Waals surface area contributed by atoms with E-state index in [9.17, 15) is 4.79 Å². The van der Waals surface area contributed by atoms with Crippen LogP contribution in [0.3, 0.4) is 0 Å². The number of hydrogen-bond acceptors (Lipinski definition) is 7. The molecule has 140 valence electrons. The fraction of sp³-hybridized carbons (Fsp3) is 0.176. The molecule has 0 aliphatic carbocycles. The Morgan fingerprint density at radius 1 is 1.26 bits per heavy atom. The van der Waals surface area contributed by atoms with Crippen LogP contribution in [0.15, 0.2) is 40.4 Å². The summed E-state index contributed by atoms with van der Waals surface area (Å²) in [6.45, 7) is 3.36. The van der Waals surface area contributed by atoms with Gasteiger partial charge in [-0.15, -0.1) is 0 Å². The van der Waals surface area contributed by atoms with Crippen LogP contribution in [0.25, 0.3) is 0 Å². The minimum absolute atomic E-state index is 0.120. The number of benzene rings is 1. The smallest absolute Gasteiger partial charge is 0.221 e. The number of methoxy groups -OCH3 is 1. The molecular weight excluding hydrogens is 388 g/mol. The third-order valence-electron chi connectivity index (χ3n) is 3.34. The number of amides is 1. The highest BCUT2D eigenvalue weighted by molar-refractivity contribution is 7.99. The van der Waals surface area contributed by atoms with Gasteiger partial charge in [0.1, 0.15) is 0 Å². The Kier molecular flexibility index (Phi) is 5.82. The van der Waals surface area contributed by atoms with E-state index in [1.165, 1.54) is 25.8 Å². The molecule has 0 bridgehead atoms. The lowest BCUT2D eigenvalue weighted by molar-refractivity contribution is -0.114. The molecule has 27 heavy (non-hydrogen) atoms. The van der Waals surface area contributed by atoms with Crippen molar-refractivity contribution in [3.05, 3.63) is 41.2 Å². The molecule has 0 fully saturated rings. The van der Waals surface area contributed by atoms with Gasteiger partial charge in [0.15, 0.2) is 27.7 Å². The molecule has 2 aromatic heterocycles. The van der Waals surface area contributed by atoms with Crippen molar-refractivity contribution in [2.24, 2.45) is 0 Å². The summed E-state index contributed by atoms with van der Waals surface area (Å²) in [7, 11) is 1.50. The number of carbonyl (C=O) groups excluding carboxylic acids is 1. The van der Waals surface area contributed by atoms with Crippen LogP contribution in [0.4, 0.5) is 17.3 Å². The number of ether oxygens (including phenoxy) is 1. The number of nitrogens with zero attached hydrogens (tertiary/aromatic N) is 3. The SMILES string of the molecule is COc1c(Cl)nc(Sc2ccc(NC(C)=O)cc2)nc1Nc1cc(C)[nH]n1. The molecule has 0 atom stereocenters. The van der Waals surface area contributed by atoms with E-state index in [2.05, 4.69) is 30.8 Å². The van der Waals surface area contributed by atoms with Crippen LogP contribution in [-0.4, -0.2) is 33.2 Å². The number of halogens is 1. The average molecular weight is 405 g/mol. The number of rotatable bonds is 6. The van der Waals surface area contributed by atoms with Crippen molar-refractivity contribution in [2.45, 2.75) is 23.9 Å². The Hall–Kier alpha value is -2.78. The van der Waals surface area contributed by atoms with Crippen LogP contribution < -0.4 is 15.4 Å². The third-order valence-corrected chi connectivity index (χ3v) is 4.47. The Morgan fingerprint density at radius 3 is 2.59 bits per heavy atom. The number of hydrogen-bond donors (Lipinski definition) is 3. The molecule has 0 saturated carbocycles. The van der Waals surface area contributed by atoms with E-state index in [-0.39, 0.29) is 11.1 Å². The van der Waals surface area contributed by atoms with Crippen molar-refractivity contribution < 1.29 is 9.53 Å². The van der Waals surface area contributed by atoms with Crippen LogP contribution in [0, 0.1) is 6.92 Å². The summed E-state index contributed by atoms with van der Waals surface area (Å²) in [5, 5.41) is 13.4. The quantitative estimate of drug-likeness (QED) is 0.421. The van der Waals surface area contributed by atoms with Gasteiger partial charge in [-0.2, -0.15) is 5.10 Å². The molecule has 0 unspecified atom stereocenters. The van der Waals surface area contributed by atoms with E-state index in [0.29, 0.717) is 22.5 Å². The van der Waals surface area contributed by atoms with E-state index in [1.54, 1.807) is 12.1 Å². The largest absolute Gasteiger partial charge is 0.490 e. The van der Waals surface area contributed by atoms with Crippen molar-refractivity contribution in [1.82, 2.24) is 20.2 Å². The van der Waals surface area contributed by atoms with E-state index in [0.717, 1.165) is 16.3 Å². The summed E-state index contributed by atoms with van der Waals surface area (Å²) < 4.78 is 5.31. The van der Waals surface area contributed by atoms with Crippen LogP contribution in [0.2, 0.25) is 5.15 Å². The summed E-state index contributed by atoms with van der Waals surface area (Å²) in [4.78, 5) is 20.7. The minimum atomic E-state index is -0.120. The van der Waals surface area contributed by atoms with Gasteiger partial charge in [0, 0.05) is 29.3 Å². The molecular formula is C17H17ClN6O2S. The maximum Gasteiger partial charge on any atom is 0.221 e. The molecule has 1 aromatic carbocycles. The number of aromatic nitrogens is 4. The highest BCUT2D eigenvalue weighted by Gasteiger charge is 2.16. The predicted molar refractivity (Wildman–Crippen MR) is 105 cm³/mol.